The first-order chi connectivity index (χ1) is 14.1. The maximum absolute atomic E-state index is 12.7. The van der Waals surface area contributed by atoms with Gasteiger partial charge in [0, 0.05) is 35.6 Å². The molecule has 1 spiro atoms. The molecule has 5 heteroatoms. The van der Waals surface area contributed by atoms with Crippen molar-refractivity contribution in [3.05, 3.63) is 94.7 Å². The van der Waals surface area contributed by atoms with Crippen molar-refractivity contribution in [2.75, 3.05) is 18.4 Å². The number of fused-ring (bicyclic) bond motifs is 1. The quantitative estimate of drug-likeness (QED) is 0.603. The summed E-state index contributed by atoms with van der Waals surface area (Å²) in [5.74, 6) is 0.179. The first kappa shape index (κ1) is 19.8. The Hall–Kier alpha value is -2.50. The number of nitrogens with zero attached hydrogens (tertiary/aromatic N) is 2. The zero-order valence-corrected chi connectivity index (χ0v) is 17.8. The third kappa shape index (κ3) is 4.74. The van der Waals surface area contributed by atoms with E-state index in [2.05, 4.69) is 67.5 Å². The van der Waals surface area contributed by atoms with Gasteiger partial charge in [0.15, 0.2) is 0 Å². The van der Waals surface area contributed by atoms with Gasteiger partial charge in [0.05, 0.1) is 5.41 Å². The van der Waals surface area contributed by atoms with E-state index in [1.54, 1.807) is 12.4 Å². The zero-order valence-electron chi connectivity index (χ0n) is 16.2. The van der Waals surface area contributed by atoms with Crippen LogP contribution in [-0.2, 0) is 17.8 Å². The number of anilines is 1. The molecule has 0 saturated carbocycles. The smallest absolute Gasteiger partial charge is 0.232 e. The second kappa shape index (κ2) is 8.89. The molecule has 29 heavy (non-hydrogen) atoms. The molecule has 2 aliphatic heterocycles. The van der Waals surface area contributed by atoms with Crippen LogP contribution in [0.4, 0.5) is 5.69 Å². The van der Waals surface area contributed by atoms with Crippen molar-refractivity contribution < 1.29 is 4.79 Å². The van der Waals surface area contributed by atoms with Gasteiger partial charge in [-0.25, -0.2) is 0 Å². The molecule has 3 heterocycles. The fourth-order valence-corrected chi connectivity index (χ4v) is 4.46. The monoisotopic (exact) mass is 449 g/mol. The highest BCUT2D eigenvalue weighted by molar-refractivity contribution is 9.10. The van der Waals surface area contributed by atoms with E-state index in [9.17, 15) is 4.79 Å². The van der Waals surface area contributed by atoms with Crippen LogP contribution in [0, 0.1) is 5.41 Å². The topological polar surface area (TPSA) is 45.2 Å². The molecule has 1 N–H and O–H groups in total. The molecule has 1 fully saturated rings. The van der Waals surface area contributed by atoms with Gasteiger partial charge in [-0.1, -0.05) is 58.4 Å². The fourth-order valence-electron chi connectivity index (χ4n) is 4.10. The number of rotatable bonds is 2. The van der Waals surface area contributed by atoms with Crippen LogP contribution < -0.4 is 5.32 Å². The number of halogens is 1. The summed E-state index contributed by atoms with van der Waals surface area (Å²) in [5, 5.41) is 3.12. The van der Waals surface area contributed by atoms with E-state index in [4.69, 9.17) is 0 Å². The van der Waals surface area contributed by atoms with Crippen molar-refractivity contribution in [1.82, 2.24) is 9.88 Å². The minimum atomic E-state index is -0.268. The first-order valence-electron chi connectivity index (χ1n) is 9.86. The predicted octanol–water partition coefficient (Wildman–Crippen LogP) is 4.92. The van der Waals surface area contributed by atoms with Crippen LogP contribution in [0.5, 0.6) is 0 Å². The number of carbonyl (C=O) groups is 1. The molecule has 0 bridgehead atoms. The van der Waals surface area contributed by atoms with E-state index in [0.29, 0.717) is 0 Å². The van der Waals surface area contributed by atoms with Gasteiger partial charge in [-0.05, 0) is 54.8 Å². The second-order valence-corrected chi connectivity index (χ2v) is 8.60. The van der Waals surface area contributed by atoms with Gasteiger partial charge in [0.1, 0.15) is 0 Å². The lowest BCUT2D eigenvalue weighted by Crippen LogP contribution is -2.43. The van der Waals surface area contributed by atoms with E-state index in [1.807, 2.05) is 30.3 Å². The highest BCUT2D eigenvalue weighted by Gasteiger charge is 2.47. The molecule has 1 amide bonds. The van der Waals surface area contributed by atoms with Crippen LogP contribution in [0.15, 0.2) is 83.6 Å². The summed E-state index contributed by atoms with van der Waals surface area (Å²) in [6.45, 7) is 2.74. The van der Waals surface area contributed by atoms with Crippen LogP contribution in [-0.4, -0.2) is 28.9 Å². The molecule has 1 unspecified atom stereocenters. The Kier molecular flexibility index (Phi) is 6.07. The minimum Gasteiger partial charge on any atom is -0.325 e. The van der Waals surface area contributed by atoms with Gasteiger partial charge in [0.2, 0.25) is 5.91 Å². The molecule has 5 rings (SSSR count). The largest absolute Gasteiger partial charge is 0.325 e. The molecule has 2 aromatic carbocycles. The molecule has 1 atom stereocenters. The van der Waals surface area contributed by atoms with Crippen molar-refractivity contribution in [3.8, 4) is 0 Å². The Bertz CT molecular complexity index is 938. The third-order valence-corrected chi connectivity index (χ3v) is 6.07. The maximum Gasteiger partial charge on any atom is 0.232 e. The highest BCUT2D eigenvalue weighted by atomic mass is 79.9. The number of pyridine rings is 1. The third-order valence-electron chi connectivity index (χ3n) is 5.58. The van der Waals surface area contributed by atoms with Crippen LogP contribution in [0.3, 0.4) is 0 Å². The molecule has 1 aromatic heterocycles. The number of amides is 1. The van der Waals surface area contributed by atoms with Crippen LogP contribution in [0.1, 0.15) is 17.5 Å². The lowest BCUT2D eigenvalue weighted by molar-refractivity contribution is -0.125. The number of hydrogen-bond acceptors (Lipinski definition) is 3. The van der Waals surface area contributed by atoms with Gasteiger partial charge in [-0.2, -0.15) is 0 Å². The number of aromatic nitrogens is 1. The molecule has 0 radical (unpaired) electrons. The summed E-state index contributed by atoms with van der Waals surface area (Å²) in [7, 11) is 0. The number of likely N-dealkylation sites (tertiary alicyclic amines) is 1. The molecular formula is C24H24BrN3O. The van der Waals surface area contributed by atoms with Crippen LogP contribution in [0.25, 0.3) is 0 Å². The molecular weight excluding hydrogens is 426 g/mol. The summed E-state index contributed by atoms with van der Waals surface area (Å²) >= 11 is 3.47. The van der Waals surface area contributed by atoms with Gasteiger partial charge < -0.3 is 5.32 Å². The van der Waals surface area contributed by atoms with Gasteiger partial charge >= 0.3 is 0 Å². The summed E-state index contributed by atoms with van der Waals surface area (Å²) in [6, 6.07) is 22.4. The normalized spacial score (nSPS) is 20.5. The maximum atomic E-state index is 12.7. The first-order valence-corrected chi connectivity index (χ1v) is 10.7. The Morgan fingerprint density at radius 1 is 1.03 bits per heavy atom. The minimum absolute atomic E-state index is 0.179. The Labute approximate surface area is 180 Å². The van der Waals surface area contributed by atoms with E-state index in [0.717, 1.165) is 42.6 Å². The van der Waals surface area contributed by atoms with Crippen molar-refractivity contribution in [2.24, 2.45) is 5.41 Å². The van der Waals surface area contributed by atoms with Crippen molar-refractivity contribution in [2.45, 2.75) is 19.4 Å². The predicted molar refractivity (Wildman–Crippen MR) is 119 cm³/mol. The average molecular weight is 450 g/mol. The summed E-state index contributed by atoms with van der Waals surface area (Å²) in [5.41, 5.74) is 3.24. The molecule has 2 aliphatic rings. The molecule has 148 valence electrons. The van der Waals surface area contributed by atoms with Crippen molar-refractivity contribution >= 4 is 27.5 Å². The number of hydrogen-bond donors (Lipinski definition) is 1. The Balaban J connectivity index is 0.000000294. The Morgan fingerprint density at radius 3 is 2.48 bits per heavy atom. The van der Waals surface area contributed by atoms with Crippen molar-refractivity contribution in [1.29, 1.82) is 0 Å². The molecule has 4 nitrogen and oxygen atoms in total. The molecule has 0 aliphatic carbocycles. The SMILES string of the molecule is O=C1Nc2cc(Br)ccc2CC12CCN(Cc1ccccc1)C2.c1ccncc1. The lowest BCUT2D eigenvalue weighted by Gasteiger charge is -2.34. The summed E-state index contributed by atoms with van der Waals surface area (Å²) in [6.07, 6.45) is 5.27. The second-order valence-electron chi connectivity index (χ2n) is 7.68. The van der Waals surface area contributed by atoms with E-state index < -0.39 is 0 Å². The zero-order chi connectivity index (χ0) is 20.1. The van der Waals surface area contributed by atoms with Gasteiger partial charge in [0.25, 0.3) is 0 Å². The molecule has 3 aromatic rings. The number of carbonyl (C=O) groups excluding carboxylic acids is 1. The van der Waals surface area contributed by atoms with E-state index in [-0.39, 0.29) is 11.3 Å². The summed E-state index contributed by atoms with van der Waals surface area (Å²) < 4.78 is 1.00. The lowest BCUT2D eigenvalue weighted by atomic mass is 9.77. The van der Waals surface area contributed by atoms with E-state index in [1.165, 1.54) is 11.1 Å². The molecule has 1 saturated heterocycles. The van der Waals surface area contributed by atoms with Gasteiger partial charge in [-0.3, -0.25) is 14.7 Å². The standard InChI is InChI=1S/C19H19BrN2O.C5H5N/c20-16-7-6-15-11-19(18(23)21-17(15)10-16)8-9-22(13-19)12-14-4-2-1-3-5-14;1-2-4-6-5-3-1/h1-7,10H,8-9,11-13H2,(H,21,23);1-5H. The van der Waals surface area contributed by atoms with Crippen molar-refractivity contribution in [3.63, 3.8) is 0 Å². The van der Waals surface area contributed by atoms with Crippen LogP contribution in [0.2, 0.25) is 0 Å². The summed E-state index contributed by atoms with van der Waals surface area (Å²) in [4.78, 5) is 18.9. The van der Waals surface area contributed by atoms with Crippen LogP contribution >= 0.6 is 15.9 Å². The van der Waals surface area contributed by atoms with E-state index >= 15 is 0 Å². The average Bonchev–Trinajstić information content (AvgIpc) is 3.15. The Morgan fingerprint density at radius 2 is 1.79 bits per heavy atom. The fraction of sp³-hybridized carbons (Fsp3) is 0.250. The highest BCUT2D eigenvalue weighted by Crippen LogP contribution is 2.41. The number of benzene rings is 2. The number of nitrogens with one attached hydrogen (secondary N) is 1. The van der Waals surface area contributed by atoms with Gasteiger partial charge in [-0.15, -0.1) is 0 Å².